The predicted octanol–water partition coefficient (Wildman–Crippen LogP) is 4.36. The van der Waals surface area contributed by atoms with Crippen molar-refractivity contribution in [3.63, 3.8) is 0 Å². The standard InChI is InChI=1S/C14H14ClFN2/c1-9-5-12(8-17-7-9)18-10(2)13-4-3-11(16)6-14(13)15/h3-8,10,18H,1-2H3. The molecule has 0 aliphatic carbocycles. The summed E-state index contributed by atoms with van der Waals surface area (Å²) >= 11 is 6.03. The molecule has 1 heterocycles. The summed E-state index contributed by atoms with van der Waals surface area (Å²) in [5.41, 5.74) is 2.86. The maximum absolute atomic E-state index is 13.0. The summed E-state index contributed by atoms with van der Waals surface area (Å²) in [5, 5.41) is 3.72. The fourth-order valence-electron chi connectivity index (χ4n) is 1.81. The molecule has 0 amide bonds. The van der Waals surface area contributed by atoms with Crippen LogP contribution >= 0.6 is 11.6 Å². The number of hydrogen-bond donors (Lipinski definition) is 1. The van der Waals surface area contributed by atoms with Crippen LogP contribution in [0, 0.1) is 12.7 Å². The molecule has 94 valence electrons. The molecule has 0 aliphatic heterocycles. The zero-order chi connectivity index (χ0) is 13.1. The highest BCUT2D eigenvalue weighted by Crippen LogP contribution is 2.26. The van der Waals surface area contributed by atoms with E-state index in [1.54, 1.807) is 18.5 Å². The van der Waals surface area contributed by atoms with Crippen LogP contribution in [0.4, 0.5) is 10.1 Å². The number of nitrogens with zero attached hydrogens (tertiary/aromatic N) is 1. The average molecular weight is 265 g/mol. The Labute approximate surface area is 111 Å². The molecule has 0 fully saturated rings. The van der Waals surface area contributed by atoms with Crippen LogP contribution in [-0.4, -0.2) is 4.98 Å². The lowest BCUT2D eigenvalue weighted by Gasteiger charge is -2.17. The third-order valence-electron chi connectivity index (χ3n) is 2.69. The Morgan fingerprint density at radius 1 is 1.28 bits per heavy atom. The Bertz CT molecular complexity index is 557. The second kappa shape index (κ2) is 5.36. The first-order valence-corrected chi connectivity index (χ1v) is 6.07. The summed E-state index contributed by atoms with van der Waals surface area (Å²) in [6, 6.07) is 6.42. The van der Waals surface area contributed by atoms with E-state index in [0.29, 0.717) is 5.02 Å². The maximum Gasteiger partial charge on any atom is 0.124 e. The van der Waals surface area contributed by atoms with Crippen molar-refractivity contribution in [2.24, 2.45) is 0 Å². The minimum absolute atomic E-state index is 0.0123. The molecule has 18 heavy (non-hydrogen) atoms. The first kappa shape index (κ1) is 12.8. The first-order valence-electron chi connectivity index (χ1n) is 5.69. The van der Waals surface area contributed by atoms with Crippen LogP contribution < -0.4 is 5.32 Å². The highest BCUT2D eigenvalue weighted by atomic mass is 35.5. The summed E-state index contributed by atoms with van der Waals surface area (Å²) in [5.74, 6) is -0.326. The summed E-state index contributed by atoms with van der Waals surface area (Å²) in [6.45, 7) is 3.95. The molecule has 0 bridgehead atoms. The van der Waals surface area contributed by atoms with Gasteiger partial charge in [0.05, 0.1) is 11.7 Å². The number of aryl methyl sites for hydroxylation is 1. The van der Waals surface area contributed by atoms with Gasteiger partial charge in [-0.1, -0.05) is 17.7 Å². The van der Waals surface area contributed by atoms with E-state index in [1.165, 1.54) is 12.1 Å². The van der Waals surface area contributed by atoms with E-state index in [2.05, 4.69) is 10.3 Å². The lowest BCUT2D eigenvalue weighted by Crippen LogP contribution is -2.07. The average Bonchev–Trinajstić information content (AvgIpc) is 2.28. The molecule has 1 atom stereocenters. The summed E-state index contributed by atoms with van der Waals surface area (Å²) in [7, 11) is 0. The molecule has 4 heteroatoms. The van der Waals surface area contributed by atoms with Gasteiger partial charge in [-0.3, -0.25) is 4.98 Å². The van der Waals surface area contributed by atoms with Crippen molar-refractivity contribution in [3.05, 3.63) is 58.6 Å². The Hall–Kier alpha value is -1.61. The molecule has 1 aromatic heterocycles. The van der Waals surface area contributed by atoms with Crippen LogP contribution in [-0.2, 0) is 0 Å². The lowest BCUT2D eigenvalue weighted by molar-refractivity contribution is 0.626. The van der Waals surface area contributed by atoms with E-state index < -0.39 is 0 Å². The number of nitrogens with one attached hydrogen (secondary N) is 1. The van der Waals surface area contributed by atoms with Gasteiger partial charge >= 0.3 is 0 Å². The largest absolute Gasteiger partial charge is 0.377 e. The fraction of sp³-hybridized carbons (Fsp3) is 0.214. The van der Waals surface area contributed by atoms with Crippen molar-refractivity contribution >= 4 is 17.3 Å². The third kappa shape index (κ3) is 2.99. The van der Waals surface area contributed by atoms with Crippen LogP contribution in [0.15, 0.2) is 36.7 Å². The fourth-order valence-corrected chi connectivity index (χ4v) is 2.15. The van der Waals surface area contributed by atoms with Gasteiger partial charge in [0, 0.05) is 17.4 Å². The number of hydrogen-bond acceptors (Lipinski definition) is 2. The van der Waals surface area contributed by atoms with E-state index in [0.717, 1.165) is 16.8 Å². The van der Waals surface area contributed by atoms with Crippen LogP contribution in [0.5, 0.6) is 0 Å². The monoisotopic (exact) mass is 264 g/mol. The SMILES string of the molecule is Cc1cncc(NC(C)c2ccc(F)cc2Cl)c1. The van der Waals surface area contributed by atoms with Crippen LogP contribution in [0.3, 0.4) is 0 Å². The van der Waals surface area contributed by atoms with Gasteiger partial charge in [0.15, 0.2) is 0 Å². The molecule has 2 rings (SSSR count). The zero-order valence-corrected chi connectivity index (χ0v) is 11.0. The van der Waals surface area contributed by atoms with Gasteiger partial charge in [-0.15, -0.1) is 0 Å². The van der Waals surface area contributed by atoms with Crippen molar-refractivity contribution in [1.29, 1.82) is 0 Å². The van der Waals surface area contributed by atoms with Crippen LogP contribution in [0.2, 0.25) is 5.02 Å². The van der Waals surface area contributed by atoms with Crippen molar-refractivity contribution < 1.29 is 4.39 Å². The summed E-state index contributed by atoms with van der Waals surface area (Å²) < 4.78 is 13.0. The van der Waals surface area contributed by atoms with E-state index in [1.807, 2.05) is 19.9 Å². The Morgan fingerprint density at radius 2 is 2.06 bits per heavy atom. The Balaban J connectivity index is 2.19. The molecule has 1 unspecified atom stereocenters. The second-order valence-electron chi connectivity index (χ2n) is 4.28. The van der Waals surface area contributed by atoms with Gasteiger partial charge in [-0.25, -0.2) is 4.39 Å². The molecule has 1 N–H and O–H groups in total. The summed E-state index contributed by atoms with van der Waals surface area (Å²) in [6.07, 6.45) is 3.54. The van der Waals surface area contributed by atoms with Gasteiger partial charge < -0.3 is 5.32 Å². The van der Waals surface area contributed by atoms with Crippen molar-refractivity contribution in [2.75, 3.05) is 5.32 Å². The molecule has 1 aromatic carbocycles. The second-order valence-corrected chi connectivity index (χ2v) is 4.69. The minimum Gasteiger partial charge on any atom is -0.377 e. The number of aromatic nitrogens is 1. The molecule has 0 spiro atoms. The molecular formula is C14H14ClFN2. The number of anilines is 1. The third-order valence-corrected chi connectivity index (χ3v) is 3.01. The van der Waals surface area contributed by atoms with Gasteiger partial charge in [-0.05, 0) is 43.2 Å². The van der Waals surface area contributed by atoms with Crippen LogP contribution in [0.25, 0.3) is 0 Å². The molecule has 0 saturated carbocycles. The normalized spacial score (nSPS) is 12.2. The topological polar surface area (TPSA) is 24.9 Å². The number of pyridine rings is 1. The van der Waals surface area contributed by atoms with E-state index >= 15 is 0 Å². The molecule has 0 radical (unpaired) electrons. The summed E-state index contributed by atoms with van der Waals surface area (Å²) in [4.78, 5) is 4.11. The van der Waals surface area contributed by atoms with Gasteiger partial charge in [0.2, 0.25) is 0 Å². The number of halogens is 2. The van der Waals surface area contributed by atoms with Crippen molar-refractivity contribution in [1.82, 2.24) is 4.98 Å². The molecule has 0 aliphatic rings. The number of rotatable bonds is 3. The highest BCUT2D eigenvalue weighted by Gasteiger charge is 2.10. The minimum atomic E-state index is -0.326. The Morgan fingerprint density at radius 3 is 2.72 bits per heavy atom. The molecular weight excluding hydrogens is 251 g/mol. The lowest BCUT2D eigenvalue weighted by atomic mass is 10.1. The Kier molecular flexibility index (Phi) is 3.82. The first-order chi connectivity index (χ1) is 8.56. The quantitative estimate of drug-likeness (QED) is 0.891. The van der Waals surface area contributed by atoms with Crippen molar-refractivity contribution in [2.45, 2.75) is 19.9 Å². The predicted molar refractivity (Wildman–Crippen MR) is 72.4 cm³/mol. The van der Waals surface area contributed by atoms with Gasteiger partial charge in [-0.2, -0.15) is 0 Å². The van der Waals surface area contributed by atoms with Gasteiger partial charge in [0.25, 0.3) is 0 Å². The van der Waals surface area contributed by atoms with E-state index in [9.17, 15) is 4.39 Å². The molecule has 2 nitrogen and oxygen atoms in total. The molecule has 0 saturated heterocycles. The number of benzene rings is 1. The zero-order valence-electron chi connectivity index (χ0n) is 10.2. The smallest absolute Gasteiger partial charge is 0.124 e. The molecule has 2 aromatic rings. The van der Waals surface area contributed by atoms with E-state index in [-0.39, 0.29) is 11.9 Å². The van der Waals surface area contributed by atoms with Crippen molar-refractivity contribution in [3.8, 4) is 0 Å². The highest BCUT2D eigenvalue weighted by molar-refractivity contribution is 6.31. The van der Waals surface area contributed by atoms with E-state index in [4.69, 9.17) is 11.6 Å². The van der Waals surface area contributed by atoms with Gasteiger partial charge in [0.1, 0.15) is 5.82 Å². The maximum atomic E-state index is 13.0. The van der Waals surface area contributed by atoms with Crippen LogP contribution in [0.1, 0.15) is 24.1 Å².